The number of carbonyl (C=O) groups is 3. The Morgan fingerprint density at radius 3 is 2.30 bits per heavy atom. The number of aromatic nitrogens is 1. The van der Waals surface area contributed by atoms with Crippen LogP contribution in [0, 0.1) is 0 Å². The standard InChI is InChI=1S/C34H41N9O3S/c1-37-34(36)41-20-27-31(44)42-26(16-35)33(46)43(2)28(15-23-19-38-25-12-6-5-11-24(23)25)32(45)40-18-22-10-4-8-14-30(22)47-29-13-7-3-9-21(29)17-39-27/h3-14,19,26-28,38-39H,15-18,20,35H2,1-2H3,(H,40,45)(H,42,44)(H3,36,37,41)/t26-,27-,28-/m0/s1. The number of aliphatic imine (C=N–C) groups is 1. The van der Waals surface area contributed by atoms with Gasteiger partial charge in [-0.05, 0) is 34.9 Å². The van der Waals surface area contributed by atoms with Gasteiger partial charge in [0.2, 0.25) is 17.7 Å². The number of H-pyrrole nitrogens is 1. The number of hydrogen-bond acceptors (Lipinski definition) is 7. The van der Waals surface area contributed by atoms with Gasteiger partial charge in [-0.25, -0.2) is 0 Å². The molecule has 1 aliphatic heterocycles. The van der Waals surface area contributed by atoms with Crippen LogP contribution in [-0.4, -0.2) is 78.9 Å². The fourth-order valence-corrected chi connectivity index (χ4v) is 6.57. The summed E-state index contributed by atoms with van der Waals surface area (Å²) in [7, 11) is 3.12. The molecule has 5 rings (SSSR count). The Morgan fingerprint density at radius 1 is 0.936 bits per heavy atom. The van der Waals surface area contributed by atoms with E-state index in [1.54, 1.807) is 25.9 Å². The van der Waals surface area contributed by atoms with Gasteiger partial charge in [0.15, 0.2) is 5.96 Å². The van der Waals surface area contributed by atoms with E-state index in [1.807, 2.05) is 79.0 Å². The smallest absolute Gasteiger partial charge is 0.246 e. The highest BCUT2D eigenvalue weighted by atomic mass is 32.2. The van der Waals surface area contributed by atoms with Gasteiger partial charge in [-0.1, -0.05) is 66.4 Å². The molecule has 0 saturated carbocycles. The minimum Gasteiger partial charge on any atom is -0.370 e. The maximum atomic E-state index is 14.0. The first-order chi connectivity index (χ1) is 22.8. The van der Waals surface area contributed by atoms with E-state index in [0.29, 0.717) is 6.54 Å². The molecule has 1 aliphatic rings. The van der Waals surface area contributed by atoms with Gasteiger partial charge in [0.05, 0.1) is 0 Å². The molecule has 0 bridgehead atoms. The van der Waals surface area contributed by atoms with Crippen molar-refractivity contribution in [3.63, 3.8) is 0 Å². The Morgan fingerprint density at radius 2 is 1.60 bits per heavy atom. The molecule has 4 aromatic rings. The van der Waals surface area contributed by atoms with Crippen LogP contribution in [0.5, 0.6) is 0 Å². The van der Waals surface area contributed by atoms with E-state index < -0.39 is 29.9 Å². The SMILES string of the molecule is CN=C(N)NC[C@@H]1NCc2ccccc2Sc2ccccc2CNC(=O)[C@H](Cc2c[nH]c3ccccc23)N(C)C(=O)[C@H](CN)NC1=O. The van der Waals surface area contributed by atoms with Crippen molar-refractivity contribution in [3.05, 3.63) is 95.7 Å². The van der Waals surface area contributed by atoms with Crippen molar-refractivity contribution in [1.82, 2.24) is 31.2 Å². The van der Waals surface area contributed by atoms with E-state index in [1.165, 1.54) is 4.90 Å². The van der Waals surface area contributed by atoms with Crippen LogP contribution in [0.25, 0.3) is 10.9 Å². The molecule has 0 unspecified atom stereocenters. The summed E-state index contributed by atoms with van der Waals surface area (Å²) in [5.41, 5.74) is 15.7. The van der Waals surface area contributed by atoms with E-state index in [9.17, 15) is 14.4 Å². The number of aromatic amines is 1. The van der Waals surface area contributed by atoms with Gasteiger partial charge in [-0.3, -0.25) is 19.4 Å². The maximum Gasteiger partial charge on any atom is 0.246 e. The van der Waals surface area contributed by atoms with Gasteiger partial charge < -0.3 is 42.6 Å². The van der Waals surface area contributed by atoms with Crippen molar-refractivity contribution in [1.29, 1.82) is 0 Å². The average Bonchev–Trinajstić information content (AvgIpc) is 3.51. The van der Waals surface area contributed by atoms with Gasteiger partial charge in [0.1, 0.15) is 18.1 Å². The maximum absolute atomic E-state index is 14.0. The predicted molar refractivity (Wildman–Crippen MR) is 185 cm³/mol. The molecule has 0 radical (unpaired) electrons. The van der Waals surface area contributed by atoms with E-state index in [2.05, 4.69) is 31.2 Å². The zero-order valence-corrected chi connectivity index (χ0v) is 27.3. The summed E-state index contributed by atoms with van der Waals surface area (Å²) in [4.78, 5) is 52.2. The highest BCUT2D eigenvalue weighted by Crippen LogP contribution is 2.33. The lowest BCUT2D eigenvalue weighted by atomic mass is 10.0. The molecule has 3 aromatic carbocycles. The van der Waals surface area contributed by atoms with E-state index in [4.69, 9.17) is 11.5 Å². The van der Waals surface area contributed by atoms with Gasteiger partial charge in [0, 0.05) is 73.6 Å². The molecule has 47 heavy (non-hydrogen) atoms. The zero-order valence-electron chi connectivity index (χ0n) is 26.5. The van der Waals surface area contributed by atoms with Gasteiger partial charge in [0.25, 0.3) is 0 Å². The largest absolute Gasteiger partial charge is 0.370 e. The monoisotopic (exact) mass is 655 g/mol. The van der Waals surface area contributed by atoms with E-state index in [-0.39, 0.29) is 37.9 Å². The summed E-state index contributed by atoms with van der Waals surface area (Å²) >= 11 is 1.59. The molecule has 0 fully saturated rings. The summed E-state index contributed by atoms with van der Waals surface area (Å²) in [6.45, 7) is 0.570. The van der Waals surface area contributed by atoms with Crippen LogP contribution in [0.3, 0.4) is 0 Å². The molecular weight excluding hydrogens is 615 g/mol. The molecule has 13 heteroatoms. The number of hydrogen-bond donors (Lipinski definition) is 7. The van der Waals surface area contributed by atoms with E-state index in [0.717, 1.165) is 37.4 Å². The first-order valence-electron chi connectivity index (χ1n) is 15.4. The van der Waals surface area contributed by atoms with Crippen LogP contribution in [0.1, 0.15) is 16.7 Å². The summed E-state index contributed by atoms with van der Waals surface area (Å²) in [6, 6.07) is 20.9. The van der Waals surface area contributed by atoms with Crippen molar-refractivity contribution in [2.45, 2.75) is 47.4 Å². The van der Waals surface area contributed by atoms with Gasteiger partial charge >= 0.3 is 0 Å². The number of nitrogens with two attached hydrogens (primary N) is 2. The number of para-hydroxylation sites is 1. The number of nitrogens with one attached hydrogen (secondary N) is 5. The van der Waals surface area contributed by atoms with Crippen LogP contribution in [-0.2, 0) is 33.9 Å². The topological polar surface area (TPSA) is 183 Å². The number of amides is 3. The lowest BCUT2D eigenvalue weighted by molar-refractivity contribution is -0.141. The lowest BCUT2D eigenvalue weighted by Crippen LogP contribution is -2.60. The van der Waals surface area contributed by atoms with E-state index >= 15 is 0 Å². The normalized spacial score (nSPS) is 20.1. The number of fused-ring (bicyclic) bond motifs is 3. The average molecular weight is 656 g/mol. The van der Waals surface area contributed by atoms with Gasteiger partial charge in [-0.2, -0.15) is 0 Å². The Hall–Kier alpha value is -4.85. The second-order valence-electron chi connectivity index (χ2n) is 11.3. The first-order valence-corrected chi connectivity index (χ1v) is 16.2. The molecule has 1 aromatic heterocycles. The van der Waals surface area contributed by atoms with Crippen molar-refractivity contribution >= 4 is 46.3 Å². The summed E-state index contributed by atoms with van der Waals surface area (Å²) in [6.07, 6.45) is 2.11. The van der Waals surface area contributed by atoms with Crippen LogP contribution in [0.15, 0.2) is 93.8 Å². The van der Waals surface area contributed by atoms with Crippen LogP contribution < -0.4 is 32.7 Å². The number of likely N-dealkylation sites (N-methyl/N-ethyl adjacent to an activating group) is 1. The van der Waals surface area contributed by atoms with Gasteiger partial charge in [-0.15, -0.1) is 0 Å². The quantitative estimate of drug-likeness (QED) is 0.125. The van der Waals surface area contributed by atoms with Crippen LogP contribution in [0.4, 0.5) is 0 Å². The number of carbonyl (C=O) groups excluding carboxylic acids is 3. The molecule has 246 valence electrons. The summed E-state index contributed by atoms with van der Waals surface area (Å²) < 4.78 is 0. The summed E-state index contributed by atoms with van der Waals surface area (Å²) in [5, 5.41) is 13.1. The number of rotatable bonds is 5. The Balaban J connectivity index is 1.52. The Kier molecular flexibility index (Phi) is 11.1. The Labute approximate surface area is 278 Å². The fourth-order valence-electron chi connectivity index (χ4n) is 5.50. The zero-order chi connectivity index (χ0) is 33.3. The first kappa shape index (κ1) is 33.5. The third-order valence-electron chi connectivity index (χ3n) is 8.26. The summed E-state index contributed by atoms with van der Waals surface area (Å²) in [5.74, 6) is -1.08. The third kappa shape index (κ3) is 8.12. The number of guanidine groups is 1. The molecule has 12 nitrogen and oxygen atoms in total. The number of benzene rings is 3. The highest BCUT2D eigenvalue weighted by molar-refractivity contribution is 7.99. The molecular formula is C34H41N9O3S. The van der Waals surface area contributed by atoms with Crippen LogP contribution in [0.2, 0.25) is 0 Å². The molecule has 3 amide bonds. The minimum absolute atomic E-state index is 0.111. The molecule has 0 aliphatic carbocycles. The molecule has 0 saturated heterocycles. The number of nitrogens with zero attached hydrogens (tertiary/aromatic N) is 2. The third-order valence-corrected chi connectivity index (χ3v) is 9.49. The lowest BCUT2D eigenvalue weighted by Gasteiger charge is -2.31. The second kappa shape index (κ2) is 15.6. The molecule has 0 spiro atoms. The van der Waals surface area contributed by atoms with Crippen LogP contribution >= 0.6 is 11.8 Å². The van der Waals surface area contributed by atoms with Crippen molar-refractivity contribution in [2.24, 2.45) is 16.5 Å². The fraction of sp³-hybridized carbons (Fsp3) is 0.294. The minimum atomic E-state index is -1.08. The second-order valence-corrected chi connectivity index (χ2v) is 12.4. The molecule has 2 heterocycles. The molecule has 3 atom stereocenters. The molecule has 9 N–H and O–H groups in total. The highest BCUT2D eigenvalue weighted by Gasteiger charge is 2.33. The van der Waals surface area contributed by atoms with Crippen molar-refractivity contribution < 1.29 is 14.4 Å². The van der Waals surface area contributed by atoms with Crippen molar-refractivity contribution in [2.75, 3.05) is 27.2 Å². The Bertz CT molecular complexity index is 1760. The van der Waals surface area contributed by atoms with Crippen molar-refractivity contribution in [3.8, 4) is 0 Å². The predicted octanol–water partition coefficient (Wildman–Crippen LogP) is 1.45.